The summed E-state index contributed by atoms with van der Waals surface area (Å²) < 4.78 is 1.09. The molecule has 1 aromatic rings. The van der Waals surface area contributed by atoms with E-state index < -0.39 is 0 Å². The van der Waals surface area contributed by atoms with Gasteiger partial charge in [-0.3, -0.25) is 9.98 Å². The lowest BCUT2D eigenvalue weighted by Crippen LogP contribution is -2.09. The lowest BCUT2D eigenvalue weighted by Gasteiger charge is -2.05. The Balaban J connectivity index is 2.30. The number of hydrogen-bond donors (Lipinski definition) is 0. The predicted octanol–water partition coefficient (Wildman–Crippen LogP) is 2.32. The number of benzene rings is 1. The molecule has 13 heavy (non-hydrogen) atoms. The Bertz CT molecular complexity index is 352. The first-order chi connectivity index (χ1) is 6.36. The Morgan fingerprint density at radius 2 is 1.85 bits per heavy atom. The highest BCUT2D eigenvalue weighted by Crippen LogP contribution is 2.11. The van der Waals surface area contributed by atoms with E-state index in [1.807, 2.05) is 30.5 Å². The summed E-state index contributed by atoms with van der Waals surface area (Å²) in [6, 6.07) is 8.11. The molecule has 0 bridgehead atoms. The van der Waals surface area contributed by atoms with Gasteiger partial charge in [-0.1, -0.05) is 28.1 Å². The number of rotatable bonds is 1. The van der Waals surface area contributed by atoms with Crippen molar-refractivity contribution >= 4 is 27.9 Å². The van der Waals surface area contributed by atoms with Gasteiger partial charge in [0.25, 0.3) is 0 Å². The maximum absolute atomic E-state index is 4.38. The van der Waals surface area contributed by atoms with Crippen LogP contribution in [0.15, 0.2) is 38.7 Å². The van der Waals surface area contributed by atoms with Gasteiger partial charge in [-0.15, -0.1) is 0 Å². The molecular weight excluding hydrogens is 228 g/mol. The van der Waals surface area contributed by atoms with Gasteiger partial charge in [0.2, 0.25) is 0 Å². The first kappa shape index (κ1) is 8.63. The molecule has 0 N–H and O–H groups in total. The van der Waals surface area contributed by atoms with Crippen molar-refractivity contribution in [1.29, 1.82) is 0 Å². The summed E-state index contributed by atoms with van der Waals surface area (Å²) in [5.41, 5.74) is 2.12. The minimum Gasteiger partial charge on any atom is -0.289 e. The molecule has 3 heteroatoms. The maximum atomic E-state index is 4.38. The third-order valence-electron chi connectivity index (χ3n) is 1.86. The van der Waals surface area contributed by atoms with Crippen LogP contribution in [-0.4, -0.2) is 25.0 Å². The fourth-order valence-electron chi connectivity index (χ4n) is 1.21. The van der Waals surface area contributed by atoms with Crippen LogP contribution in [0.25, 0.3) is 0 Å². The summed E-state index contributed by atoms with van der Waals surface area (Å²) in [5.74, 6) is 0. The second kappa shape index (κ2) is 3.83. The molecule has 0 amide bonds. The highest BCUT2D eigenvalue weighted by molar-refractivity contribution is 9.10. The topological polar surface area (TPSA) is 24.7 Å². The van der Waals surface area contributed by atoms with Crippen molar-refractivity contribution in [3.63, 3.8) is 0 Å². The molecule has 0 atom stereocenters. The Kier molecular flexibility index (Phi) is 2.54. The monoisotopic (exact) mass is 236 g/mol. The molecule has 2 nitrogen and oxygen atoms in total. The Morgan fingerprint density at radius 3 is 2.46 bits per heavy atom. The van der Waals surface area contributed by atoms with E-state index in [9.17, 15) is 0 Å². The van der Waals surface area contributed by atoms with Crippen molar-refractivity contribution < 1.29 is 0 Å². The summed E-state index contributed by atoms with van der Waals surface area (Å²) in [6.07, 6.45) is 1.84. The van der Waals surface area contributed by atoms with E-state index in [0.29, 0.717) is 0 Å². The molecule has 0 aliphatic carbocycles. The lowest BCUT2D eigenvalue weighted by atomic mass is 10.1. The molecule has 1 heterocycles. The van der Waals surface area contributed by atoms with Gasteiger partial charge in [-0.2, -0.15) is 0 Å². The summed E-state index contributed by atoms with van der Waals surface area (Å²) in [4.78, 5) is 8.57. The molecule has 0 spiro atoms. The Hall–Kier alpha value is -0.960. The minimum absolute atomic E-state index is 0.807. The zero-order chi connectivity index (χ0) is 9.10. The van der Waals surface area contributed by atoms with Crippen LogP contribution in [0, 0.1) is 0 Å². The molecule has 0 saturated heterocycles. The molecular formula is C10H9BrN2. The number of nitrogens with zero attached hydrogens (tertiary/aromatic N) is 2. The molecule has 0 radical (unpaired) electrons. The average molecular weight is 237 g/mol. The summed E-state index contributed by atoms with van der Waals surface area (Å²) in [7, 11) is 0. The van der Waals surface area contributed by atoms with Gasteiger partial charge in [0.1, 0.15) is 0 Å². The Morgan fingerprint density at radius 1 is 1.08 bits per heavy atom. The average Bonchev–Trinajstić information content (AvgIpc) is 2.20. The highest BCUT2D eigenvalue weighted by Gasteiger charge is 2.02. The van der Waals surface area contributed by atoms with Crippen LogP contribution in [0.4, 0.5) is 0 Å². The molecule has 0 saturated carbocycles. The second-order valence-electron chi connectivity index (χ2n) is 2.81. The third-order valence-corrected chi connectivity index (χ3v) is 2.39. The van der Waals surface area contributed by atoms with Crippen LogP contribution in [0.1, 0.15) is 5.56 Å². The van der Waals surface area contributed by atoms with Gasteiger partial charge in [-0.05, 0) is 12.1 Å². The lowest BCUT2D eigenvalue weighted by molar-refractivity contribution is 0.971. The largest absolute Gasteiger partial charge is 0.289 e. The highest BCUT2D eigenvalue weighted by atomic mass is 79.9. The minimum atomic E-state index is 0.807. The standard InChI is InChI=1S/C10H9BrN2/c11-9-3-1-8(2-4-9)10-7-12-5-6-13-10/h1-4,7H,5-6H2. The van der Waals surface area contributed by atoms with Gasteiger partial charge >= 0.3 is 0 Å². The van der Waals surface area contributed by atoms with Gasteiger partial charge in [0.15, 0.2) is 0 Å². The van der Waals surface area contributed by atoms with Crippen molar-refractivity contribution in [2.24, 2.45) is 9.98 Å². The van der Waals surface area contributed by atoms with Gasteiger partial charge in [0, 0.05) is 16.3 Å². The number of aliphatic imine (C=N–C) groups is 2. The summed E-state index contributed by atoms with van der Waals surface area (Å²) in [6.45, 7) is 1.63. The van der Waals surface area contributed by atoms with E-state index in [-0.39, 0.29) is 0 Å². The zero-order valence-corrected chi connectivity index (χ0v) is 8.66. The fourth-order valence-corrected chi connectivity index (χ4v) is 1.47. The molecule has 1 aromatic carbocycles. The van der Waals surface area contributed by atoms with Gasteiger partial charge in [0.05, 0.1) is 18.8 Å². The van der Waals surface area contributed by atoms with Crippen molar-refractivity contribution in [3.8, 4) is 0 Å². The van der Waals surface area contributed by atoms with E-state index in [2.05, 4.69) is 25.9 Å². The zero-order valence-electron chi connectivity index (χ0n) is 7.07. The summed E-state index contributed by atoms with van der Waals surface area (Å²) in [5, 5.41) is 0. The predicted molar refractivity (Wildman–Crippen MR) is 58.9 cm³/mol. The molecule has 0 aromatic heterocycles. The first-order valence-corrected chi connectivity index (χ1v) is 4.96. The molecule has 1 aliphatic rings. The molecule has 0 unspecified atom stereocenters. The van der Waals surface area contributed by atoms with E-state index in [1.54, 1.807) is 0 Å². The van der Waals surface area contributed by atoms with E-state index in [0.717, 1.165) is 28.8 Å². The summed E-state index contributed by atoms with van der Waals surface area (Å²) >= 11 is 3.40. The fraction of sp³-hybridized carbons (Fsp3) is 0.200. The maximum Gasteiger partial charge on any atom is 0.0825 e. The Labute approximate surface area is 85.5 Å². The van der Waals surface area contributed by atoms with Crippen LogP contribution in [0.2, 0.25) is 0 Å². The van der Waals surface area contributed by atoms with Crippen LogP contribution in [0.3, 0.4) is 0 Å². The quantitative estimate of drug-likeness (QED) is 0.716. The smallest absolute Gasteiger partial charge is 0.0825 e. The van der Waals surface area contributed by atoms with Crippen LogP contribution in [-0.2, 0) is 0 Å². The van der Waals surface area contributed by atoms with Crippen LogP contribution < -0.4 is 0 Å². The third kappa shape index (κ3) is 2.04. The normalized spacial score (nSPS) is 15.6. The molecule has 2 rings (SSSR count). The number of halogens is 1. The number of hydrogen-bond acceptors (Lipinski definition) is 2. The van der Waals surface area contributed by atoms with Gasteiger partial charge < -0.3 is 0 Å². The first-order valence-electron chi connectivity index (χ1n) is 4.16. The van der Waals surface area contributed by atoms with Crippen molar-refractivity contribution in [3.05, 3.63) is 34.3 Å². The molecule has 0 fully saturated rings. The van der Waals surface area contributed by atoms with Crippen molar-refractivity contribution in [1.82, 2.24) is 0 Å². The van der Waals surface area contributed by atoms with E-state index in [4.69, 9.17) is 0 Å². The second-order valence-corrected chi connectivity index (χ2v) is 3.72. The van der Waals surface area contributed by atoms with Crippen molar-refractivity contribution in [2.75, 3.05) is 13.1 Å². The van der Waals surface area contributed by atoms with Crippen LogP contribution in [0.5, 0.6) is 0 Å². The van der Waals surface area contributed by atoms with E-state index >= 15 is 0 Å². The molecule has 1 aliphatic heterocycles. The van der Waals surface area contributed by atoms with Crippen LogP contribution >= 0.6 is 15.9 Å². The molecule has 66 valence electrons. The van der Waals surface area contributed by atoms with Gasteiger partial charge in [-0.25, -0.2) is 0 Å². The van der Waals surface area contributed by atoms with E-state index in [1.165, 1.54) is 0 Å². The van der Waals surface area contributed by atoms with Crippen molar-refractivity contribution in [2.45, 2.75) is 0 Å². The SMILES string of the molecule is Brc1ccc(C2=NCCN=C2)cc1.